The van der Waals surface area contributed by atoms with Crippen LogP contribution in [0, 0.1) is 13.8 Å². The van der Waals surface area contributed by atoms with E-state index in [0.717, 1.165) is 29.1 Å². The van der Waals surface area contributed by atoms with E-state index in [0.29, 0.717) is 22.3 Å². The number of amides is 1. The molecule has 1 aromatic carbocycles. The molecule has 0 radical (unpaired) electrons. The van der Waals surface area contributed by atoms with Crippen molar-refractivity contribution in [2.75, 3.05) is 5.32 Å². The van der Waals surface area contributed by atoms with Crippen molar-refractivity contribution >= 4 is 40.9 Å². The summed E-state index contributed by atoms with van der Waals surface area (Å²) in [7, 11) is 0. The minimum atomic E-state index is -0.218. The lowest BCUT2D eigenvalue weighted by atomic mass is 10.2. The van der Waals surface area contributed by atoms with E-state index < -0.39 is 0 Å². The summed E-state index contributed by atoms with van der Waals surface area (Å²) in [5, 5.41) is 12.6. The quantitative estimate of drug-likeness (QED) is 0.589. The number of benzene rings is 1. The van der Waals surface area contributed by atoms with E-state index in [1.165, 1.54) is 6.08 Å². The van der Waals surface area contributed by atoms with Gasteiger partial charge in [0.2, 0.25) is 5.91 Å². The zero-order chi connectivity index (χ0) is 20.3. The molecule has 0 aliphatic rings. The molecule has 2 aromatic heterocycles. The van der Waals surface area contributed by atoms with Gasteiger partial charge in [0.05, 0.1) is 39.9 Å². The van der Waals surface area contributed by atoms with E-state index >= 15 is 0 Å². The Bertz CT molecular complexity index is 1040. The molecule has 2 heterocycles. The molecule has 1 amide bonds. The summed E-state index contributed by atoms with van der Waals surface area (Å²) in [6.07, 6.45) is 6.83. The van der Waals surface area contributed by atoms with Gasteiger partial charge in [0.1, 0.15) is 0 Å². The van der Waals surface area contributed by atoms with Crippen LogP contribution in [0.15, 0.2) is 36.7 Å². The van der Waals surface area contributed by atoms with Gasteiger partial charge in [-0.15, -0.1) is 0 Å². The van der Waals surface area contributed by atoms with Crippen molar-refractivity contribution in [2.45, 2.75) is 33.9 Å². The third-order valence-electron chi connectivity index (χ3n) is 4.35. The van der Waals surface area contributed by atoms with Crippen molar-refractivity contribution in [3.63, 3.8) is 0 Å². The van der Waals surface area contributed by atoms with Crippen LogP contribution in [-0.2, 0) is 17.9 Å². The lowest BCUT2D eigenvalue weighted by Gasteiger charge is -2.07. The van der Waals surface area contributed by atoms with Crippen LogP contribution in [0.25, 0.3) is 6.08 Å². The van der Waals surface area contributed by atoms with Gasteiger partial charge in [-0.3, -0.25) is 14.2 Å². The molecule has 8 heteroatoms. The molecule has 0 unspecified atom stereocenters. The predicted molar refractivity (Wildman–Crippen MR) is 113 cm³/mol. The standard InChI is InChI=1S/C20H21Cl2N5O/c1-4-26-11-16(10-23-26)6-8-19(28)24-20-13(2)25-27(14(20)3)12-15-5-7-17(21)18(22)9-15/h5-11H,4,12H2,1-3H3,(H,24,28)/b8-6+. The second kappa shape index (κ2) is 8.63. The topological polar surface area (TPSA) is 64.7 Å². The molecule has 3 aromatic rings. The number of halogens is 2. The van der Waals surface area contributed by atoms with Crippen molar-refractivity contribution < 1.29 is 4.79 Å². The van der Waals surface area contributed by atoms with Crippen molar-refractivity contribution in [1.29, 1.82) is 0 Å². The number of nitrogens with one attached hydrogen (secondary N) is 1. The Morgan fingerprint density at radius 2 is 2.04 bits per heavy atom. The first-order valence-corrected chi connectivity index (χ1v) is 9.62. The minimum absolute atomic E-state index is 0.218. The number of nitrogens with zero attached hydrogens (tertiary/aromatic N) is 4. The van der Waals surface area contributed by atoms with E-state index in [9.17, 15) is 4.79 Å². The number of hydrogen-bond acceptors (Lipinski definition) is 3. The van der Waals surface area contributed by atoms with Crippen LogP contribution in [0.2, 0.25) is 10.0 Å². The number of carbonyl (C=O) groups is 1. The van der Waals surface area contributed by atoms with Gasteiger partial charge in [-0.05, 0) is 44.5 Å². The number of carbonyl (C=O) groups excluding carboxylic acids is 1. The maximum absolute atomic E-state index is 12.3. The molecule has 0 bridgehead atoms. The smallest absolute Gasteiger partial charge is 0.248 e. The number of aryl methyl sites for hydroxylation is 2. The monoisotopic (exact) mass is 417 g/mol. The molecule has 0 aliphatic carbocycles. The van der Waals surface area contributed by atoms with Crippen molar-refractivity contribution in [2.24, 2.45) is 0 Å². The second-order valence-corrected chi connectivity index (χ2v) is 7.22. The lowest BCUT2D eigenvalue weighted by Crippen LogP contribution is -2.10. The highest BCUT2D eigenvalue weighted by molar-refractivity contribution is 6.42. The van der Waals surface area contributed by atoms with Gasteiger partial charge in [-0.25, -0.2) is 0 Å². The van der Waals surface area contributed by atoms with E-state index in [1.807, 2.05) is 43.8 Å². The van der Waals surface area contributed by atoms with Gasteiger partial charge in [0.25, 0.3) is 0 Å². The van der Waals surface area contributed by atoms with Crippen LogP contribution in [0.1, 0.15) is 29.4 Å². The fourth-order valence-electron chi connectivity index (χ4n) is 2.82. The summed E-state index contributed by atoms with van der Waals surface area (Å²) in [6, 6.07) is 5.49. The Labute approximate surface area is 173 Å². The predicted octanol–water partition coefficient (Wildman–Crippen LogP) is 4.72. The first-order valence-electron chi connectivity index (χ1n) is 8.86. The Morgan fingerprint density at radius 1 is 1.25 bits per heavy atom. The molecule has 28 heavy (non-hydrogen) atoms. The summed E-state index contributed by atoms with van der Waals surface area (Å²) >= 11 is 12.1. The lowest BCUT2D eigenvalue weighted by molar-refractivity contribution is -0.111. The van der Waals surface area contributed by atoms with Crippen LogP contribution in [0.3, 0.4) is 0 Å². The summed E-state index contributed by atoms with van der Waals surface area (Å²) in [6.45, 7) is 7.11. The normalized spacial score (nSPS) is 11.3. The molecule has 1 N–H and O–H groups in total. The van der Waals surface area contributed by atoms with Crippen LogP contribution >= 0.6 is 23.2 Å². The van der Waals surface area contributed by atoms with Crippen molar-refractivity contribution in [3.8, 4) is 0 Å². The molecular weight excluding hydrogens is 397 g/mol. The first-order chi connectivity index (χ1) is 13.4. The molecule has 0 fully saturated rings. The number of rotatable bonds is 6. The van der Waals surface area contributed by atoms with Gasteiger partial charge in [-0.1, -0.05) is 29.3 Å². The molecule has 6 nitrogen and oxygen atoms in total. The molecule has 0 atom stereocenters. The number of hydrogen-bond donors (Lipinski definition) is 1. The van der Waals surface area contributed by atoms with Crippen molar-refractivity contribution in [3.05, 3.63) is 69.2 Å². The van der Waals surface area contributed by atoms with Crippen LogP contribution in [0.5, 0.6) is 0 Å². The van der Waals surface area contributed by atoms with Crippen molar-refractivity contribution in [1.82, 2.24) is 19.6 Å². The Hall–Kier alpha value is -2.57. The van der Waals surface area contributed by atoms with E-state index in [4.69, 9.17) is 23.2 Å². The molecule has 0 saturated heterocycles. The van der Waals surface area contributed by atoms with E-state index in [2.05, 4.69) is 15.5 Å². The molecular formula is C20H21Cl2N5O. The summed E-state index contributed by atoms with van der Waals surface area (Å²) < 4.78 is 3.64. The highest BCUT2D eigenvalue weighted by Gasteiger charge is 2.14. The molecule has 0 spiro atoms. The second-order valence-electron chi connectivity index (χ2n) is 6.40. The maximum atomic E-state index is 12.3. The Morgan fingerprint density at radius 3 is 2.71 bits per heavy atom. The molecule has 146 valence electrons. The molecule has 0 saturated carbocycles. The summed E-state index contributed by atoms with van der Waals surface area (Å²) in [5.74, 6) is -0.218. The van der Waals surface area contributed by atoms with Gasteiger partial charge in [0, 0.05) is 24.4 Å². The fraction of sp³-hybridized carbons (Fsp3) is 0.250. The van der Waals surface area contributed by atoms with E-state index in [-0.39, 0.29) is 5.91 Å². The minimum Gasteiger partial charge on any atom is -0.319 e. The number of anilines is 1. The van der Waals surface area contributed by atoms with Gasteiger partial charge in [-0.2, -0.15) is 10.2 Å². The van der Waals surface area contributed by atoms with Gasteiger partial charge < -0.3 is 5.32 Å². The van der Waals surface area contributed by atoms with E-state index in [1.54, 1.807) is 23.0 Å². The summed E-state index contributed by atoms with van der Waals surface area (Å²) in [4.78, 5) is 12.3. The maximum Gasteiger partial charge on any atom is 0.248 e. The van der Waals surface area contributed by atoms with Gasteiger partial charge >= 0.3 is 0 Å². The average Bonchev–Trinajstić information content (AvgIpc) is 3.23. The SMILES string of the molecule is CCn1cc(/C=C/C(=O)Nc2c(C)nn(Cc3ccc(Cl)c(Cl)c3)c2C)cn1. The van der Waals surface area contributed by atoms with Crippen LogP contribution < -0.4 is 5.32 Å². The third kappa shape index (κ3) is 4.64. The van der Waals surface area contributed by atoms with Gasteiger partial charge in [0.15, 0.2) is 0 Å². The zero-order valence-electron chi connectivity index (χ0n) is 15.9. The highest BCUT2D eigenvalue weighted by atomic mass is 35.5. The zero-order valence-corrected chi connectivity index (χ0v) is 17.4. The highest BCUT2D eigenvalue weighted by Crippen LogP contribution is 2.25. The van der Waals surface area contributed by atoms with Crippen LogP contribution in [-0.4, -0.2) is 25.5 Å². The van der Waals surface area contributed by atoms with Crippen LogP contribution in [0.4, 0.5) is 5.69 Å². The third-order valence-corrected chi connectivity index (χ3v) is 5.09. The fourth-order valence-corrected chi connectivity index (χ4v) is 3.14. The molecule has 3 rings (SSSR count). The molecule has 0 aliphatic heterocycles. The average molecular weight is 418 g/mol. The summed E-state index contributed by atoms with van der Waals surface area (Å²) in [5.41, 5.74) is 4.17. The number of aromatic nitrogens is 4. The largest absolute Gasteiger partial charge is 0.319 e. The first kappa shape index (κ1) is 20.2. The Kier molecular flexibility index (Phi) is 6.21. The Balaban J connectivity index is 1.72.